The van der Waals surface area contributed by atoms with Crippen molar-refractivity contribution in [3.8, 4) is 6.07 Å². The fraction of sp³-hybridized carbons (Fsp3) is 0.722. The lowest BCUT2D eigenvalue weighted by molar-refractivity contribution is -0.143. The molecule has 2 fully saturated rings. The van der Waals surface area contributed by atoms with Crippen molar-refractivity contribution < 1.29 is 9.53 Å². The average molecular weight is 330 g/mol. The summed E-state index contributed by atoms with van der Waals surface area (Å²) in [5.74, 6) is 0.235. The predicted molar refractivity (Wildman–Crippen MR) is 89.3 cm³/mol. The third-order valence-electron chi connectivity index (χ3n) is 5.36. The number of aromatic nitrogens is 2. The number of nitriles is 1. The Balaban J connectivity index is 1.62. The van der Waals surface area contributed by atoms with E-state index in [4.69, 9.17) is 10.00 Å². The van der Waals surface area contributed by atoms with Gasteiger partial charge in [-0.1, -0.05) is 0 Å². The van der Waals surface area contributed by atoms with Gasteiger partial charge in [0.2, 0.25) is 5.91 Å². The summed E-state index contributed by atoms with van der Waals surface area (Å²) in [6.45, 7) is 6.01. The van der Waals surface area contributed by atoms with Crippen LogP contribution in [0.5, 0.6) is 0 Å². The Labute approximate surface area is 143 Å². The van der Waals surface area contributed by atoms with Crippen LogP contribution in [0.2, 0.25) is 0 Å². The molecule has 1 aliphatic heterocycles. The van der Waals surface area contributed by atoms with Gasteiger partial charge in [-0.2, -0.15) is 10.4 Å². The summed E-state index contributed by atoms with van der Waals surface area (Å²) in [5, 5.41) is 13.3. The van der Waals surface area contributed by atoms with Crippen LogP contribution in [0, 0.1) is 25.2 Å². The van der Waals surface area contributed by atoms with Gasteiger partial charge in [-0.15, -0.1) is 0 Å². The van der Waals surface area contributed by atoms with Crippen LogP contribution in [0.1, 0.15) is 49.1 Å². The molecule has 1 saturated heterocycles. The number of carbonyl (C=O) groups excluding carboxylic acids is 1. The number of ether oxygens (including phenoxy) is 1. The summed E-state index contributed by atoms with van der Waals surface area (Å²) in [6.07, 6.45) is 5.26. The second-order valence-electron chi connectivity index (χ2n) is 6.78. The zero-order chi connectivity index (χ0) is 17.1. The number of carbonyl (C=O) groups is 1. The first-order valence-corrected chi connectivity index (χ1v) is 8.92. The van der Waals surface area contributed by atoms with E-state index < -0.39 is 0 Å². The van der Waals surface area contributed by atoms with Gasteiger partial charge in [-0.05, 0) is 45.1 Å². The Morgan fingerprint density at radius 1 is 1.42 bits per heavy atom. The van der Waals surface area contributed by atoms with Crippen LogP contribution in [0.3, 0.4) is 0 Å². The Morgan fingerprint density at radius 2 is 2.25 bits per heavy atom. The second-order valence-corrected chi connectivity index (χ2v) is 6.78. The monoisotopic (exact) mass is 330 g/mol. The van der Waals surface area contributed by atoms with Gasteiger partial charge in [0.25, 0.3) is 0 Å². The van der Waals surface area contributed by atoms with E-state index in [-0.39, 0.29) is 18.1 Å². The summed E-state index contributed by atoms with van der Waals surface area (Å²) in [4.78, 5) is 14.8. The molecule has 0 bridgehead atoms. The van der Waals surface area contributed by atoms with E-state index in [0.29, 0.717) is 26.0 Å². The Hall–Kier alpha value is -1.87. The highest BCUT2D eigenvalue weighted by molar-refractivity contribution is 5.77. The molecule has 1 amide bonds. The standard InChI is InChI=1S/C18H26N4O2/c1-13-15(14(2)22(20-13)10-4-9-19)7-8-18(23)21-11-12-24-17-6-3-5-16(17)21/h16-17H,3-8,10-12H2,1-2H3/t16-,17-/m1/s1. The van der Waals surface area contributed by atoms with Crippen LogP contribution in [0.15, 0.2) is 0 Å². The van der Waals surface area contributed by atoms with E-state index in [9.17, 15) is 4.79 Å². The normalized spacial score (nSPS) is 23.1. The lowest BCUT2D eigenvalue weighted by atomic mass is 10.1. The predicted octanol–water partition coefficient (Wildman–Crippen LogP) is 2.13. The SMILES string of the molecule is Cc1nn(CCC#N)c(C)c1CCC(=O)N1CCO[C@@H]2CCC[C@H]21. The molecule has 1 aliphatic carbocycles. The van der Waals surface area contributed by atoms with E-state index in [0.717, 1.165) is 49.2 Å². The highest BCUT2D eigenvalue weighted by Crippen LogP contribution is 2.30. The van der Waals surface area contributed by atoms with Crippen molar-refractivity contribution in [3.63, 3.8) is 0 Å². The number of hydrogen-bond acceptors (Lipinski definition) is 4. The van der Waals surface area contributed by atoms with Crippen LogP contribution in [0.4, 0.5) is 0 Å². The van der Waals surface area contributed by atoms with Gasteiger partial charge in [0, 0.05) is 18.7 Å². The van der Waals surface area contributed by atoms with Gasteiger partial charge < -0.3 is 9.64 Å². The molecule has 130 valence electrons. The van der Waals surface area contributed by atoms with Gasteiger partial charge in [-0.25, -0.2) is 0 Å². The van der Waals surface area contributed by atoms with Crippen molar-refractivity contribution in [3.05, 3.63) is 17.0 Å². The number of rotatable bonds is 5. The highest BCUT2D eigenvalue weighted by atomic mass is 16.5. The molecular formula is C18H26N4O2. The first-order chi connectivity index (χ1) is 11.6. The van der Waals surface area contributed by atoms with Crippen molar-refractivity contribution in [2.24, 2.45) is 0 Å². The zero-order valence-electron chi connectivity index (χ0n) is 14.6. The minimum Gasteiger partial charge on any atom is -0.374 e. The van der Waals surface area contributed by atoms with Crippen LogP contribution in [-0.2, 0) is 22.5 Å². The third kappa shape index (κ3) is 3.32. The maximum atomic E-state index is 12.7. The minimum atomic E-state index is 0.235. The molecular weight excluding hydrogens is 304 g/mol. The highest BCUT2D eigenvalue weighted by Gasteiger charge is 2.38. The number of fused-ring (bicyclic) bond motifs is 1. The molecule has 0 radical (unpaired) electrons. The molecule has 2 aliphatic rings. The molecule has 0 unspecified atom stereocenters. The maximum absolute atomic E-state index is 12.7. The van der Waals surface area contributed by atoms with Gasteiger partial charge in [-0.3, -0.25) is 9.48 Å². The number of aryl methyl sites for hydroxylation is 2. The smallest absolute Gasteiger partial charge is 0.223 e. The van der Waals surface area contributed by atoms with E-state index in [2.05, 4.69) is 11.2 Å². The van der Waals surface area contributed by atoms with Crippen molar-refractivity contribution in [1.82, 2.24) is 14.7 Å². The molecule has 1 aromatic rings. The van der Waals surface area contributed by atoms with Crippen molar-refractivity contribution in [2.75, 3.05) is 13.2 Å². The van der Waals surface area contributed by atoms with Gasteiger partial charge >= 0.3 is 0 Å². The van der Waals surface area contributed by atoms with Crippen LogP contribution < -0.4 is 0 Å². The number of hydrogen-bond donors (Lipinski definition) is 0. The van der Waals surface area contributed by atoms with E-state index >= 15 is 0 Å². The molecule has 0 aromatic carbocycles. The van der Waals surface area contributed by atoms with Crippen LogP contribution in [-0.4, -0.2) is 45.9 Å². The first kappa shape index (κ1) is 17.0. The summed E-state index contributed by atoms with van der Waals surface area (Å²) < 4.78 is 7.68. The zero-order valence-corrected chi connectivity index (χ0v) is 14.6. The van der Waals surface area contributed by atoms with Crippen LogP contribution >= 0.6 is 0 Å². The Bertz CT molecular complexity index is 646. The first-order valence-electron chi connectivity index (χ1n) is 8.92. The van der Waals surface area contributed by atoms with Crippen molar-refractivity contribution in [1.29, 1.82) is 5.26 Å². The summed E-state index contributed by atoms with van der Waals surface area (Å²) >= 11 is 0. The summed E-state index contributed by atoms with van der Waals surface area (Å²) in [5.41, 5.74) is 3.20. The maximum Gasteiger partial charge on any atom is 0.223 e. The quantitative estimate of drug-likeness (QED) is 0.829. The number of morpholine rings is 1. The molecule has 3 rings (SSSR count). The van der Waals surface area contributed by atoms with E-state index in [1.54, 1.807) is 0 Å². The number of amides is 1. The molecule has 24 heavy (non-hydrogen) atoms. The average Bonchev–Trinajstić information content (AvgIpc) is 3.15. The molecule has 6 nitrogen and oxygen atoms in total. The lowest BCUT2D eigenvalue weighted by Gasteiger charge is -2.37. The molecule has 1 aromatic heterocycles. The largest absolute Gasteiger partial charge is 0.374 e. The molecule has 6 heteroatoms. The Morgan fingerprint density at radius 3 is 3.04 bits per heavy atom. The fourth-order valence-corrected chi connectivity index (χ4v) is 4.08. The van der Waals surface area contributed by atoms with Gasteiger partial charge in [0.15, 0.2) is 0 Å². The van der Waals surface area contributed by atoms with E-state index in [1.165, 1.54) is 0 Å². The summed E-state index contributed by atoms with van der Waals surface area (Å²) in [7, 11) is 0. The lowest BCUT2D eigenvalue weighted by Crippen LogP contribution is -2.51. The third-order valence-corrected chi connectivity index (χ3v) is 5.36. The van der Waals surface area contributed by atoms with Gasteiger partial charge in [0.1, 0.15) is 0 Å². The number of nitrogens with zero attached hydrogens (tertiary/aromatic N) is 4. The molecule has 2 atom stereocenters. The van der Waals surface area contributed by atoms with Crippen molar-refractivity contribution >= 4 is 5.91 Å². The summed E-state index contributed by atoms with van der Waals surface area (Å²) in [6, 6.07) is 2.44. The molecule has 2 heterocycles. The fourth-order valence-electron chi connectivity index (χ4n) is 4.08. The van der Waals surface area contributed by atoms with Crippen LogP contribution in [0.25, 0.3) is 0 Å². The molecule has 0 N–H and O–H groups in total. The van der Waals surface area contributed by atoms with Gasteiger partial charge in [0.05, 0.1) is 43.5 Å². The minimum absolute atomic E-state index is 0.235. The Kier molecular flexibility index (Phi) is 5.20. The molecule has 0 spiro atoms. The second kappa shape index (κ2) is 7.35. The molecule has 1 saturated carbocycles. The van der Waals surface area contributed by atoms with E-state index in [1.807, 2.05) is 23.4 Å². The van der Waals surface area contributed by atoms with Crippen molar-refractivity contribution in [2.45, 2.75) is 71.1 Å². The topological polar surface area (TPSA) is 71.2 Å².